The summed E-state index contributed by atoms with van der Waals surface area (Å²) in [5.74, 6) is 0. The van der Waals surface area contributed by atoms with Crippen LogP contribution >= 0.6 is 11.6 Å². The first-order chi connectivity index (χ1) is 13.0. The van der Waals surface area contributed by atoms with Gasteiger partial charge in [-0.25, -0.2) is 0 Å². The summed E-state index contributed by atoms with van der Waals surface area (Å²) >= 11 is 5.93. The molecule has 1 atom stereocenters. The van der Waals surface area contributed by atoms with Crippen LogP contribution in [0, 0.1) is 5.41 Å². The molecule has 0 bridgehead atoms. The topological polar surface area (TPSA) is 53.0 Å². The summed E-state index contributed by atoms with van der Waals surface area (Å²) < 4.78 is 27.9. The average molecular weight is 420 g/mol. The number of anilines is 1. The van der Waals surface area contributed by atoms with Crippen LogP contribution in [0.25, 0.3) is 0 Å². The maximum absolute atomic E-state index is 13.3. The highest BCUT2D eigenvalue weighted by Gasteiger charge is 2.42. The highest BCUT2D eigenvalue weighted by molar-refractivity contribution is 7.89. The molecule has 1 unspecified atom stereocenters. The number of rotatable bonds is 4. The fourth-order valence-corrected chi connectivity index (χ4v) is 4.96. The van der Waals surface area contributed by atoms with E-state index in [9.17, 15) is 8.42 Å². The lowest BCUT2D eigenvalue weighted by Gasteiger charge is -2.33. The molecule has 150 valence electrons. The van der Waals surface area contributed by atoms with Gasteiger partial charge in [0.25, 0.3) is 10.0 Å². The Morgan fingerprint density at radius 1 is 1.11 bits per heavy atom. The molecule has 3 rings (SSSR count). The molecule has 1 heterocycles. The van der Waals surface area contributed by atoms with Crippen molar-refractivity contribution in [1.29, 1.82) is 0 Å². The van der Waals surface area contributed by atoms with Crippen molar-refractivity contribution in [3.05, 3.63) is 59.1 Å². The third-order valence-electron chi connectivity index (χ3n) is 4.93. The first kappa shape index (κ1) is 20.7. The summed E-state index contributed by atoms with van der Waals surface area (Å²) in [7, 11) is 0.176. The molecule has 2 aromatic carbocycles. The highest BCUT2D eigenvalue weighted by Crippen LogP contribution is 2.37. The third kappa shape index (κ3) is 4.03. The van der Waals surface area contributed by atoms with Crippen molar-refractivity contribution < 1.29 is 8.42 Å². The van der Waals surface area contributed by atoms with Crippen LogP contribution in [-0.2, 0) is 10.0 Å². The van der Waals surface area contributed by atoms with Gasteiger partial charge in [-0.3, -0.25) is 0 Å². The highest BCUT2D eigenvalue weighted by atomic mass is 35.5. The zero-order valence-electron chi connectivity index (χ0n) is 16.8. The Bertz CT molecular complexity index is 993. The fraction of sp³-hybridized carbons (Fsp3) is 0.381. The Hall–Kier alpha value is -2.05. The van der Waals surface area contributed by atoms with Gasteiger partial charge in [-0.05, 0) is 47.4 Å². The molecule has 2 aromatic rings. The Kier molecular flexibility index (Phi) is 5.47. The summed E-state index contributed by atoms with van der Waals surface area (Å²) in [6, 6.07) is 13.9. The molecule has 7 heteroatoms. The predicted molar refractivity (Wildman–Crippen MR) is 116 cm³/mol. The zero-order chi connectivity index (χ0) is 20.7. The lowest BCUT2D eigenvalue weighted by atomic mass is 9.84. The van der Waals surface area contributed by atoms with E-state index in [4.69, 9.17) is 11.6 Å². The number of nitrogens with zero attached hydrogens (tertiary/aromatic N) is 3. The van der Waals surface area contributed by atoms with Crippen molar-refractivity contribution in [3.8, 4) is 0 Å². The first-order valence-electron chi connectivity index (χ1n) is 9.15. The third-order valence-corrected chi connectivity index (χ3v) is 6.87. The van der Waals surface area contributed by atoms with Crippen LogP contribution in [0.1, 0.15) is 32.8 Å². The molecule has 0 aliphatic carbocycles. The first-order valence-corrected chi connectivity index (χ1v) is 11.0. The van der Waals surface area contributed by atoms with E-state index in [1.165, 1.54) is 16.5 Å². The van der Waals surface area contributed by atoms with Crippen molar-refractivity contribution in [2.75, 3.05) is 19.0 Å². The number of hydrogen-bond donors (Lipinski definition) is 0. The zero-order valence-corrected chi connectivity index (χ0v) is 18.4. The quantitative estimate of drug-likeness (QED) is 0.726. The van der Waals surface area contributed by atoms with E-state index in [-0.39, 0.29) is 16.4 Å². The molecule has 1 aliphatic rings. The monoisotopic (exact) mass is 419 g/mol. The number of sulfonamides is 1. The van der Waals surface area contributed by atoms with Crippen molar-refractivity contribution in [3.63, 3.8) is 0 Å². The van der Waals surface area contributed by atoms with Crippen molar-refractivity contribution in [2.24, 2.45) is 10.5 Å². The molecule has 0 fully saturated rings. The van der Waals surface area contributed by atoms with Crippen LogP contribution < -0.4 is 4.90 Å². The summed E-state index contributed by atoms with van der Waals surface area (Å²) in [4.78, 5) is 2.21. The van der Waals surface area contributed by atoms with Gasteiger partial charge >= 0.3 is 0 Å². The van der Waals surface area contributed by atoms with E-state index in [1.54, 1.807) is 12.1 Å². The number of halogens is 1. The summed E-state index contributed by atoms with van der Waals surface area (Å²) in [5.41, 5.74) is 2.49. The van der Waals surface area contributed by atoms with Gasteiger partial charge in [0.2, 0.25) is 0 Å². The normalized spacial score (nSPS) is 17.6. The summed E-state index contributed by atoms with van der Waals surface area (Å²) in [5, 5.41) is 5.09. The summed E-state index contributed by atoms with van der Waals surface area (Å²) in [6.45, 7) is 6.12. The molecular weight excluding hydrogens is 394 g/mol. The predicted octanol–water partition coefficient (Wildman–Crippen LogP) is 4.62. The second-order valence-electron chi connectivity index (χ2n) is 8.31. The lowest BCUT2D eigenvalue weighted by Crippen LogP contribution is -2.41. The molecule has 0 saturated heterocycles. The minimum atomic E-state index is -3.78. The van der Waals surface area contributed by atoms with E-state index in [2.05, 4.69) is 5.10 Å². The van der Waals surface area contributed by atoms with Crippen molar-refractivity contribution >= 4 is 33.0 Å². The second kappa shape index (κ2) is 7.41. The molecule has 0 aromatic heterocycles. The smallest absolute Gasteiger partial charge is 0.279 e. The molecule has 0 amide bonds. The minimum Gasteiger partial charge on any atom is -0.378 e. The largest absolute Gasteiger partial charge is 0.378 e. The van der Waals surface area contributed by atoms with Crippen LogP contribution in [0.15, 0.2) is 58.5 Å². The standard InChI is InChI=1S/C21H26ClN3O2S/c1-21(2,3)20-14-19(15-7-6-8-17(13-15)24(4)5)23-25(20)28(26,27)18-11-9-16(22)10-12-18/h6-13,20H,14H2,1-5H3. The Morgan fingerprint density at radius 3 is 2.32 bits per heavy atom. The Balaban J connectivity index is 2.06. The Morgan fingerprint density at radius 2 is 1.75 bits per heavy atom. The van der Waals surface area contributed by atoms with Crippen LogP contribution in [0.5, 0.6) is 0 Å². The van der Waals surface area contributed by atoms with Gasteiger partial charge in [-0.2, -0.15) is 17.9 Å². The lowest BCUT2D eigenvalue weighted by molar-refractivity contribution is 0.203. The van der Waals surface area contributed by atoms with Crippen LogP contribution in [0.2, 0.25) is 5.02 Å². The molecule has 0 spiro atoms. The number of hydrazone groups is 1. The molecule has 28 heavy (non-hydrogen) atoms. The maximum Gasteiger partial charge on any atom is 0.279 e. The molecule has 0 saturated carbocycles. The van der Waals surface area contributed by atoms with E-state index < -0.39 is 10.0 Å². The van der Waals surface area contributed by atoms with Gasteiger partial charge in [0.1, 0.15) is 0 Å². The fourth-order valence-electron chi connectivity index (χ4n) is 3.20. The average Bonchev–Trinajstić information content (AvgIpc) is 3.09. The van der Waals surface area contributed by atoms with Crippen LogP contribution in [-0.4, -0.2) is 38.7 Å². The number of hydrogen-bond acceptors (Lipinski definition) is 4. The molecule has 5 nitrogen and oxygen atoms in total. The van der Waals surface area contributed by atoms with Gasteiger partial charge in [-0.1, -0.05) is 44.5 Å². The van der Waals surface area contributed by atoms with E-state index in [0.717, 1.165) is 17.0 Å². The molecular formula is C21H26ClN3O2S. The Labute approximate surface area is 172 Å². The van der Waals surface area contributed by atoms with Gasteiger partial charge in [0.05, 0.1) is 16.6 Å². The minimum absolute atomic E-state index is 0.193. The van der Waals surface area contributed by atoms with E-state index in [1.807, 2.05) is 64.0 Å². The van der Waals surface area contributed by atoms with Crippen molar-refractivity contribution in [1.82, 2.24) is 4.41 Å². The molecule has 1 aliphatic heterocycles. The van der Waals surface area contributed by atoms with E-state index in [0.29, 0.717) is 11.4 Å². The van der Waals surface area contributed by atoms with Gasteiger partial charge in [-0.15, -0.1) is 0 Å². The molecule has 0 radical (unpaired) electrons. The van der Waals surface area contributed by atoms with Crippen LogP contribution in [0.3, 0.4) is 0 Å². The van der Waals surface area contributed by atoms with Crippen molar-refractivity contribution in [2.45, 2.75) is 38.1 Å². The van der Waals surface area contributed by atoms with E-state index >= 15 is 0 Å². The number of benzene rings is 2. The second-order valence-corrected chi connectivity index (χ2v) is 10.5. The van der Waals surface area contributed by atoms with Gasteiger partial charge < -0.3 is 4.90 Å². The molecule has 0 N–H and O–H groups in total. The van der Waals surface area contributed by atoms with Gasteiger partial charge in [0.15, 0.2) is 0 Å². The van der Waals surface area contributed by atoms with Gasteiger partial charge in [0, 0.05) is 31.2 Å². The maximum atomic E-state index is 13.3. The SMILES string of the molecule is CN(C)c1cccc(C2=NN(S(=O)(=O)c3ccc(Cl)cc3)C(C(C)(C)C)C2)c1. The summed E-state index contributed by atoms with van der Waals surface area (Å²) in [6.07, 6.45) is 0.563. The van der Waals surface area contributed by atoms with Crippen LogP contribution in [0.4, 0.5) is 5.69 Å².